The summed E-state index contributed by atoms with van der Waals surface area (Å²) in [5.74, 6) is 1.21. The number of hydrogen-bond donors (Lipinski definition) is 2. The normalized spacial score (nSPS) is 18.5. The van der Waals surface area contributed by atoms with Gasteiger partial charge in [-0.3, -0.25) is 4.79 Å². The molecule has 2 N–H and O–H groups in total. The maximum Gasteiger partial charge on any atom is 0.220 e. The van der Waals surface area contributed by atoms with Gasteiger partial charge in [-0.2, -0.15) is 0 Å². The summed E-state index contributed by atoms with van der Waals surface area (Å²) in [5.41, 5.74) is 2.40. The molecule has 3 heterocycles. The molecule has 0 spiro atoms. The molecule has 2 aliphatic rings. The fourth-order valence-corrected chi connectivity index (χ4v) is 3.03. The molecule has 0 aliphatic carbocycles. The van der Waals surface area contributed by atoms with Crippen LogP contribution in [0.1, 0.15) is 30.5 Å². The lowest BCUT2D eigenvalue weighted by molar-refractivity contribution is -0.122. The molecule has 1 saturated heterocycles. The summed E-state index contributed by atoms with van der Waals surface area (Å²) in [6.07, 6.45) is 4.62. The van der Waals surface area contributed by atoms with E-state index in [9.17, 15) is 4.79 Å². The number of likely N-dealkylation sites (N-methyl/N-ethyl adjacent to an activating group) is 1. The van der Waals surface area contributed by atoms with Crippen molar-refractivity contribution in [2.75, 3.05) is 32.0 Å². The fourth-order valence-electron chi connectivity index (χ4n) is 3.03. The molecule has 5 heteroatoms. The Bertz CT molecular complexity index is 511. The predicted octanol–water partition coefficient (Wildman–Crippen LogP) is 1.19. The molecule has 1 aromatic rings. The van der Waals surface area contributed by atoms with Crippen molar-refractivity contribution >= 4 is 11.7 Å². The number of nitrogens with zero attached hydrogens (tertiary/aromatic N) is 2. The minimum Gasteiger partial charge on any atom is -0.370 e. The zero-order valence-electron chi connectivity index (χ0n) is 12.7. The standard InChI is InChI=1S/C16H24N4O/c1-20-10-14(11-20)18-15(21)6-2-5-13-8-7-12-4-3-9-17-16(12)19-13/h7-8,14H,2-6,9-11H2,1H3,(H,17,19)(H,18,21). The van der Waals surface area contributed by atoms with Crippen LogP contribution in [0.25, 0.3) is 0 Å². The quantitative estimate of drug-likeness (QED) is 0.854. The van der Waals surface area contributed by atoms with Crippen LogP contribution in [0.2, 0.25) is 0 Å². The molecule has 0 aromatic carbocycles. The van der Waals surface area contributed by atoms with Gasteiger partial charge in [0.05, 0.1) is 6.04 Å². The molecule has 0 radical (unpaired) electrons. The van der Waals surface area contributed by atoms with Crippen LogP contribution in [0.15, 0.2) is 12.1 Å². The van der Waals surface area contributed by atoms with Crippen LogP contribution in [0, 0.1) is 0 Å². The number of aromatic nitrogens is 1. The lowest BCUT2D eigenvalue weighted by Gasteiger charge is -2.36. The Morgan fingerprint density at radius 1 is 1.48 bits per heavy atom. The van der Waals surface area contributed by atoms with Gasteiger partial charge in [-0.1, -0.05) is 6.07 Å². The molecule has 21 heavy (non-hydrogen) atoms. The summed E-state index contributed by atoms with van der Waals surface area (Å²) in [5, 5.41) is 6.42. The van der Waals surface area contributed by atoms with E-state index >= 15 is 0 Å². The minimum absolute atomic E-state index is 0.171. The monoisotopic (exact) mass is 288 g/mol. The second-order valence-electron chi connectivity index (χ2n) is 6.18. The van der Waals surface area contributed by atoms with E-state index in [2.05, 4.69) is 39.7 Å². The Kier molecular flexibility index (Phi) is 4.39. The number of likely N-dealkylation sites (tertiary alicyclic amines) is 1. The van der Waals surface area contributed by atoms with Gasteiger partial charge in [0.1, 0.15) is 5.82 Å². The first-order chi connectivity index (χ1) is 10.2. The molecular formula is C16H24N4O. The highest BCUT2D eigenvalue weighted by Gasteiger charge is 2.24. The lowest BCUT2D eigenvalue weighted by Crippen LogP contribution is -2.57. The van der Waals surface area contributed by atoms with Crippen LogP contribution in [0.4, 0.5) is 5.82 Å². The molecule has 0 atom stereocenters. The van der Waals surface area contributed by atoms with E-state index in [-0.39, 0.29) is 5.91 Å². The molecule has 1 aromatic heterocycles. The van der Waals surface area contributed by atoms with Crippen molar-refractivity contribution in [3.63, 3.8) is 0 Å². The number of amides is 1. The van der Waals surface area contributed by atoms with Crippen LogP contribution in [0.5, 0.6) is 0 Å². The van der Waals surface area contributed by atoms with Crippen molar-refractivity contribution in [2.24, 2.45) is 0 Å². The van der Waals surface area contributed by atoms with Crippen LogP contribution >= 0.6 is 0 Å². The summed E-state index contributed by atoms with van der Waals surface area (Å²) in [6, 6.07) is 4.63. The lowest BCUT2D eigenvalue weighted by atomic mass is 10.1. The molecule has 0 bridgehead atoms. The molecule has 0 unspecified atom stereocenters. The van der Waals surface area contributed by atoms with Gasteiger partial charge in [-0.05, 0) is 44.4 Å². The number of fused-ring (bicyclic) bond motifs is 1. The average Bonchev–Trinajstić information content (AvgIpc) is 2.45. The van der Waals surface area contributed by atoms with E-state index < -0.39 is 0 Å². The number of carbonyl (C=O) groups is 1. The van der Waals surface area contributed by atoms with E-state index in [4.69, 9.17) is 0 Å². The zero-order valence-corrected chi connectivity index (χ0v) is 12.7. The van der Waals surface area contributed by atoms with Gasteiger partial charge in [0.25, 0.3) is 0 Å². The number of nitrogens with one attached hydrogen (secondary N) is 2. The van der Waals surface area contributed by atoms with E-state index in [1.54, 1.807) is 0 Å². The summed E-state index contributed by atoms with van der Waals surface area (Å²) in [7, 11) is 2.07. The van der Waals surface area contributed by atoms with Crippen molar-refractivity contribution in [3.05, 3.63) is 23.4 Å². The highest BCUT2D eigenvalue weighted by Crippen LogP contribution is 2.20. The topological polar surface area (TPSA) is 57.3 Å². The van der Waals surface area contributed by atoms with Gasteiger partial charge < -0.3 is 15.5 Å². The Labute approximate surface area is 126 Å². The third-order valence-corrected chi connectivity index (χ3v) is 4.22. The Balaban J connectivity index is 1.41. The van der Waals surface area contributed by atoms with E-state index in [0.717, 1.165) is 50.4 Å². The summed E-state index contributed by atoms with van der Waals surface area (Å²) >= 11 is 0. The predicted molar refractivity (Wildman–Crippen MR) is 83.4 cm³/mol. The Morgan fingerprint density at radius 2 is 2.33 bits per heavy atom. The second-order valence-corrected chi connectivity index (χ2v) is 6.18. The number of anilines is 1. The number of aryl methyl sites for hydroxylation is 2. The minimum atomic E-state index is 0.171. The van der Waals surface area contributed by atoms with Gasteiger partial charge in [-0.15, -0.1) is 0 Å². The van der Waals surface area contributed by atoms with Crippen molar-refractivity contribution in [2.45, 2.75) is 38.1 Å². The second kappa shape index (κ2) is 6.43. The fraction of sp³-hybridized carbons (Fsp3) is 0.625. The summed E-state index contributed by atoms with van der Waals surface area (Å²) in [4.78, 5) is 18.7. The third-order valence-electron chi connectivity index (χ3n) is 4.22. The number of rotatable bonds is 5. The van der Waals surface area contributed by atoms with Gasteiger partial charge in [-0.25, -0.2) is 4.98 Å². The first-order valence-corrected chi connectivity index (χ1v) is 7.91. The first kappa shape index (κ1) is 14.3. The number of pyridine rings is 1. The van der Waals surface area contributed by atoms with Gasteiger partial charge in [0.2, 0.25) is 5.91 Å². The van der Waals surface area contributed by atoms with Gasteiger partial charge in [0, 0.05) is 31.7 Å². The van der Waals surface area contributed by atoms with Crippen molar-refractivity contribution in [1.29, 1.82) is 0 Å². The van der Waals surface area contributed by atoms with Crippen LogP contribution in [-0.4, -0.2) is 48.5 Å². The maximum absolute atomic E-state index is 11.8. The van der Waals surface area contributed by atoms with Crippen LogP contribution in [-0.2, 0) is 17.6 Å². The molecule has 1 fully saturated rings. The smallest absolute Gasteiger partial charge is 0.220 e. The summed E-state index contributed by atoms with van der Waals surface area (Å²) in [6.45, 7) is 2.97. The van der Waals surface area contributed by atoms with E-state index in [1.165, 1.54) is 12.0 Å². The van der Waals surface area contributed by atoms with E-state index in [0.29, 0.717) is 12.5 Å². The average molecular weight is 288 g/mol. The largest absolute Gasteiger partial charge is 0.370 e. The number of carbonyl (C=O) groups excluding carboxylic acids is 1. The third kappa shape index (κ3) is 3.73. The molecular weight excluding hydrogens is 264 g/mol. The molecule has 0 saturated carbocycles. The zero-order chi connectivity index (χ0) is 14.7. The Morgan fingerprint density at radius 3 is 3.14 bits per heavy atom. The number of hydrogen-bond acceptors (Lipinski definition) is 4. The molecule has 2 aliphatic heterocycles. The van der Waals surface area contributed by atoms with Crippen LogP contribution in [0.3, 0.4) is 0 Å². The molecule has 5 nitrogen and oxygen atoms in total. The van der Waals surface area contributed by atoms with Crippen molar-refractivity contribution in [1.82, 2.24) is 15.2 Å². The van der Waals surface area contributed by atoms with Gasteiger partial charge in [0.15, 0.2) is 0 Å². The Hall–Kier alpha value is -1.62. The van der Waals surface area contributed by atoms with Crippen LogP contribution < -0.4 is 10.6 Å². The highest BCUT2D eigenvalue weighted by molar-refractivity contribution is 5.76. The molecule has 3 rings (SSSR count). The molecule has 114 valence electrons. The SMILES string of the molecule is CN1CC(NC(=O)CCCc2ccc3c(n2)NCCC3)C1. The first-order valence-electron chi connectivity index (χ1n) is 7.91. The van der Waals surface area contributed by atoms with E-state index in [1.807, 2.05) is 0 Å². The van der Waals surface area contributed by atoms with Gasteiger partial charge >= 0.3 is 0 Å². The van der Waals surface area contributed by atoms with Crippen molar-refractivity contribution in [3.8, 4) is 0 Å². The molecule has 1 amide bonds. The summed E-state index contributed by atoms with van der Waals surface area (Å²) < 4.78 is 0. The highest BCUT2D eigenvalue weighted by atomic mass is 16.1. The van der Waals surface area contributed by atoms with Crippen molar-refractivity contribution < 1.29 is 4.79 Å². The maximum atomic E-state index is 11.8.